The Bertz CT molecular complexity index is 369. The number of aliphatic carboxylic acids is 1. The van der Waals surface area contributed by atoms with E-state index in [-0.39, 0.29) is 0 Å². The van der Waals surface area contributed by atoms with Gasteiger partial charge >= 0.3 is 5.97 Å². The van der Waals surface area contributed by atoms with Crippen LogP contribution >= 0.6 is 0 Å². The number of hydrogen-bond acceptors (Lipinski definition) is 3. The lowest BCUT2D eigenvalue weighted by molar-refractivity contribution is -0.142. The number of carbonyl (C=O) groups is 1. The van der Waals surface area contributed by atoms with Crippen LogP contribution in [-0.2, 0) is 14.8 Å². The fourth-order valence-electron chi connectivity index (χ4n) is 1.79. The Morgan fingerprint density at radius 2 is 1.88 bits per heavy atom. The predicted octanol–water partition coefficient (Wildman–Crippen LogP) is 1.05. The molecule has 1 fully saturated rings. The van der Waals surface area contributed by atoms with Crippen LogP contribution in [0.4, 0.5) is 0 Å². The van der Waals surface area contributed by atoms with Crippen molar-refractivity contribution in [3.05, 3.63) is 0 Å². The molecule has 6 heteroatoms. The standard InChI is InChI=1S/C10H19NO4S/c1-10(2,3)16(14,15)11-7-5-4-6-8(11)9(12)13/h8H,4-7H2,1-3H3,(H,12,13)/t8-/m0/s1. The lowest BCUT2D eigenvalue weighted by atomic mass is 10.1. The Morgan fingerprint density at radius 1 is 1.31 bits per heavy atom. The van der Waals surface area contributed by atoms with Gasteiger partial charge in [0.15, 0.2) is 0 Å². The summed E-state index contributed by atoms with van der Waals surface area (Å²) in [4.78, 5) is 11.0. The van der Waals surface area contributed by atoms with Gasteiger partial charge in [-0.1, -0.05) is 0 Å². The maximum atomic E-state index is 12.2. The zero-order valence-electron chi connectivity index (χ0n) is 9.93. The molecular formula is C10H19NO4S. The Hall–Kier alpha value is -0.620. The van der Waals surface area contributed by atoms with Crippen LogP contribution in [0.25, 0.3) is 0 Å². The van der Waals surface area contributed by atoms with Gasteiger partial charge in [0.05, 0.1) is 4.75 Å². The molecule has 1 aliphatic heterocycles. The lowest BCUT2D eigenvalue weighted by Gasteiger charge is -2.36. The van der Waals surface area contributed by atoms with Crippen molar-refractivity contribution in [2.45, 2.75) is 50.8 Å². The van der Waals surface area contributed by atoms with E-state index >= 15 is 0 Å². The molecule has 5 nitrogen and oxygen atoms in total. The monoisotopic (exact) mass is 249 g/mol. The van der Waals surface area contributed by atoms with Gasteiger partial charge in [-0.15, -0.1) is 0 Å². The highest BCUT2D eigenvalue weighted by Gasteiger charge is 2.42. The van der Waals surface area contributed by atoms with Crippen LogP contribution in [0.15, 0.2) is 0 Å². The minimum absolute atomic E-state index is 0.316. The van der Waals surface area contributed by atoms with E-state index in [1.54, 1.807) is 20.8 Å². The number of sulfonamides is 1. The van der Waals surface area contributed by atoms with Gasteiger partial charge < -0.3 is 5.11 Å². The highest BCUT2D eigenvalue weighted by Crippen LogP contribution is 2.27. The second-order valence-corrected chi connectivity index (χ2v) is 7.72. The summed E-state index contributed by atoms with van der Waals surface area (Å²) < 4.78 is 24.6. The van der Waals surface area contributed by atoms with Crippen LogP contribution in [0.5, 0.6) is 0 Å². The first-order chi connectivity index (χ1) is 7.18. The summed E-state index contributed by atoms with van der Waals surface area (Å²) in [5.41, 5.74) is 0. The largest absolute Gasteiger partial charge is 0.480 e. The third kappa shape index (κ3) is 2.38. The van der Waals surface area contributed by atoms with Crippen molar-refractivity contribution in [3.63, 3.8) is 0 Å². The molecule has 0 aromatic carbocycles. The van der Waals surface area contributed by atoms with Crippen LogP contribution in [-0.4, -0.2) is 41.1 Å². The highest BCUT2D eigenvalue weighted by molar-refractivity contribution is 7.90. The van der Waals surface area contributed by atoms with Crippen LogP contribution in [0.2, 0.25) is 0 Å². The molecule has 0 amide bonds. The van der Waals surface area contributed by atoms with Gasteiger partial charge in [0, 0.05) is 6.54 Å². The molecule has 16 heavy (non-hydrogen) atoms. The van der Waals surface area contributed by atoms with Gasteiger partial charge in [0.25, 0.3) is 0 Å². The molecule has 0 aromatic heterocycles. The molecule has 0 saturated carbocycles. The molecule has 1 atom stereocenters. The summed E-state index contributed by atoms with van der Waals surface area (Å²) in [5, 5.41) is 9.03. The smallest absolute Gasteiger partial charge is 0.322 e. The summed E-state index contributed by atoms with van der Waals surface area (Å²) in [5.74, 6) is -1.05. The summed E-state index contributed by atoms with van der Waals surface area (Å²) in [6, 6.07) is -0.891. The fraction of sp³-hybridized carbons (Fsp3) is 0.900. The van der Waals surface area contributed by atoms with E-state index in [1.165, 1.54) is 0 Å². The van der Waals surface area contributed by atoms with E-state index in [0.717, 1.165) is 17.1 Å². The molecule has 1 saturated heterocycles. The zero-order valence-corrected chi connectivity index (χ0v) is 10.7. The number of piperidine rings is 1. The molecule has 0 aromatic rings. The van der Waals surface area contributed by atoms with Crippen LogP contribution in [0.3, 0.4) is 0 Å². The zero-order chi connectivity index (χ0) is 12.6. The van der Waals surface area contributed by atoms with Crippen molar-refractivity contribution in [2.24, 2.45) is 0 Å². The maximum Gasteiger partial charge on any atom is 0.322 e. The Kier molecular flexibility index (Phi) is 3.64. The van der Waals surface area contributed by atoms with Crippen molar-refractivity contribution in [1.82, 2.24) is 4.31 Å². The third-order valence-corrected chi connectivity index (χ3v) is 5.42. The van der Waals surface area contributed by atoms with Gasteiger partial charge in [0.2, 0.25) is 10.0 Å². The first kappa shape index (κ1) is 13.4. The number of hydrogen-bond donors (Lipinski definition) is 1. The molecule has 0 unspecified atom stereocenters. The lowest BCUT2D eigenvalue weighted by Crippen LogP contribution is -2.53. The number of nitrogens with zero attached hydrogens (tertiary/aromatic N) is 1. The van der Waals surface area contributed by atoms with E-state index < -0.39 is 26.8 Å². The molecule has 0 radical (unpaired) electrons. The highest BCUT2D eigenvalue weighted by atomic mass is 32.2. The van der Waals surface area contributed by atoms with Crippen molar-refractivity contribution < 1.29 is 18.3 Å². The molecule has 1 rings (SSSR count). The van der Waals surface area contributed by atoms with Crippen molar-refractivity contribution >= 4 is 16.0 Å². The van der Waals surface area contributed by atoms with Gasteiger partial charge in [-0.25, -0.2) is 8.42 Å². The predicted molar refractivity (Wildman–Crippen MR) is 60.7 cm³/mol. The van der Waals surface area contributed by atoms with Crippen molar-refractivity contribution in [1.29, 1.82) is 0 Å². The second-order valence-electron chi connectivity index (χ2n) is 5.08. The Balaban J connectivity index is 3.05. The molecule has 0 bridgehead atoms. The first-order valence-corrected chi connectivity index (χ1v) is 6.86. The summed E-state index contributed by atoms with van der Waals surface area (Å²) in [6.45, 7) is 5.10. The maximum absolute atomic E-state index is 12.2. The molecule has 0 spiro atoms. The second kappa shape index (κ2) is 4.33. The fourth-order valence-corrected chi connectivity index (χ4v) is 3.39. The van der Waals surface area contributed by atoms with Crippen molar-refractivity contribution in [2.75, 3.05) is 6.54 Å². The minimum Gasteiger partial charge on any atom is -0.480 e. The number of carboxylic acid groups (broad SMARTS) is 1. The van der Waals surface area contributed by atoms with Gasteiger partial charge in [-0.2, -0.15) is 4.31 Å². The molecule has 1 heterocycles. The quantitative estimate of drug-likeness (QED) is 0.794. The van der Waals surface area contributed by atoms with Gasteiger partial charge in [-0.05, 0) is 40.0 Å². The topological polar surface area (TPSA) is 74.7 Å². The van der Waals surface area contributed by atoms with Gasteiger partial charge in [0.1, 0.15) is 6.04 Å². The SMILES string of the molecule is CC(C)(C)S(=O)(=O)N1CCCC[C@H]1C(=O)O. The number of carboxylic acids is 1. The van der Waals surface area contributed by atoms with Gasteiger partial charge in [-0.3, -0.25) is 4.79 Å². The minimum atomic E-state index is -3.54. The molecule has 1 N–H and O–H groups in total. The summed E-state index contributed by atoms with van der Waals surface area (Å²) >= 11 is 0. The Morgan fingerprint density at radius 3 is 2.31 bits per heavy atom. The third-order valence-electron chi connectivity index (χ3n) is 2.82. The first-order valence-electron chi connectivity index (χ1n) is 5.42. The molecule has 94 valence electrons. The average molecular weight is 249 g/mol. The van der Waals surface area contributed by atoms with Crippen LogP contribution < -0.4 is 0 Å². The molecule has 0 aliphatic carbocycles. The van der Waals surface area contributed by atoms with E-state index in [2.05, 4.69) is 0 Å². The number of rotatable bonds is 2. The summed E-state index contributed by atoms with van der Waals surface area (Å²) in [6.07, 6.45) is 1.91. The van der Waals surface area contributed by atoms with E-state index in [0.29, 0.717) is 13.0 Å². The Labute approximate surface area is 96.5 Å². The van der Waals surface area contributed by atoms with Crippen molar-refractivity contribution in [3.8, 4) is 0 Å². The van der Waals surface area contributed by atoms with E-state index in [9.17, 15) is 13.2 Å². The van der Waals surface area contributed by atoms with E-state index in [1.807, 2.05) is 0 Å². The van der Waals surface area contributed by atoms with Crippen LogP contribution in [0.1, 0.15) is 40.0 Å². The molecular weight excluding hydrogens is 230 g/mol. The van der Waals surface area contributed by atoms with E-state index in [4.69, 9.17) is 5.11 Å². The molecule has 1 aliphatic rings. The average Bonchev–Trinajstić information content (AvgIpc) is 2.16. The summed E-state index contributed by atoms with van der Waals surface area (Å²) in [7, 11) is -3.54. The normalized spacial score (nSPS) is 24.3. The van der Waals surface area contributed by atoms with Crippen LogP contribution in [0, 0.1) is 0 Å².